The number of halogens is 1. The van der Waals surface area contributed by atoms with Gasteiger partial charge in [0.25, 0.3) is 5.91 Å². The lowest BCUT2D eigenvalue weighted by atomic mass is 10.1. The zero-order valence-electron chi connectivity index (χ0n) is 12.3. The van der Waals surface area contributed by atoms with Gasteiger partial charge < -0.3 is 10.5 Å². The lowest BCUT2D eigenvalue weighted by molar-refractivity contribution is 0.102. The number of benzene rings is 1. The van der Waals surface area contributed by atoms with Crippen LogP contribution in [0.15, 0.2) is 41.7 Å². The SMILES string of the molecule is CC/C(=N\O)c1ccc(NC(=O)c2c(C)cccc2F)nc1. The molecule has 2 N–H and O–H groups in total. The van der Waals surface area contributed by atoms with E-state index in [4.69, 9.17) is 5.21 Å². The zero-order valence-corrected chi connectivity index (χ0v) is 12.3. The Morgan fingerprint density at radius 2 is 2.14 bits per heavy atom. The molecule has 0 saturated carbocycles. The molecule has 0 fully saturated rings. The van der Waals surface area contributed by atoms with E-state index in [1.807, 2.05) is 6.92 Å². The summed E-state index contributed by atoms with van der Waals surface area (Å²) in [6.45, 7) is 3.52. The Kier molecular flexibility index (Phi) is 4.83. The lowest BCUT2D eigenvalue weighted by Crippen LogP contribution is -2.16. The normalized spacial score (nSPS) is 11.3. The van der Waals surface area contributed by atoms with Crippen LogP contribution in [0.3, 0.4) is 0 Å². The number of hydrogen-bond acceptors (Lipinski definition) is 4. The Balaban J connectivity index is 2.19. The summed E-state index contributed by atoms with van der Waals surface area (Å²) in [7, 11) is 0. The third kappa shape index (κ3) is 3.28. The second-order valence-corrected chi connectivity index (χ2v) is 4.72. The van der Waals surface area contributed by atoms with Crippen LogP contribution in [0, 0.1) is 12.7 Å². The number of nitrogens with one attached hydrogen (secondary N) is 1. The van der Waals surface area contributed by atoms with Crippen molar-refractivity contribution in [3.63, 3.8) is 0 Å². The van der Waals surface area contributed by atoms with Gasteiger partial charge in [-0.05, 0) is 37.1 Å². The van der Waals surface area contributed by atoms with Gasteiger partial charge in [0.1, 0.15) is 11.6 Å². The molecule has 0 saturated heterocycles. The maximum absolute atomic E-state index is 13.7. The molecule has 0 atom stereocenters. The third-order valence-corrected chi connectivity index (χ3v) is 3.24. The fraction of sp³-hybridized carbons (Fsp3) is 0.188. The molecule has 1 amide bonds. The van der Waals surface area contributed by atoms with Crippen molar-refractivity contribution in [3.05, 3.63) is 59.0 Å². The van der Waals surface area contributed by atoms with Crippen molar-refractivity contribution in [2.45, 2.75) is 20.3 Å². The fourth-order valence-corrected chi connectivity index (χ4v) is 2.07. The van der Waals surface area contributed by atoms with Gasteiger partial charge >= 0.3 is 0 Å². The molecule has 6 heteroatoms. The number of hydrogen-bond donors (Lipinski definition) is 2. The summed E-state index contributed by atoms with van der Waals surface area (Å²) in [6.07, 6.45) is 2.04. The first kappa shape index (κ1) is 15.6. The number of oxime groups is 1. The maximum atomic E-state index is 13.7. The highest BCUT2D eigenvalue weighted by Gasteiger charge is 2.15. The number of pyridine rings is 1. The van der Waals surface area contributed by atoms with Gasteiger partial charge in [0.15, 0.2) is 0 Å². The predicted molar refractivity (Wildman–Crippen MR) is 81.9 cm³/mol. The van der Waals surface area contributed by atoms with Crippen molar-refractivity contribution in [1.29, 1.82) is 0 Å². The Morgan fingerprint density at radius 3 is 2.68 bits per heavy atom. The van der Waals surface area contributed by atoms with Crippen LogP contribution in [0.4, 0.5) is 10.2 Å². The summed E-state index contributed by atoms with van der Waals surface area (Å²) in [6, 6.07) is 7.71. The molecule has 2 aromatic rings. The highest BCUT2D eigenvalue weighted by Crippen LogP contribution is 2.15. The molecule has 2 rings (SSSR count). The van der Waals surface area contributed by atoms with Gasteiger partial charge in [0.05, 0.1) is 11.3 Å². The van der Waals surface area contributed by atoms with Crippen LogP contribution < -0.4 is 5.32 Å². The van der Waals surface area contributed by atoms with Crippen LogP contribution in [-0.2, 0) is 0 Å². The molecule has 0 unspecified atom stereocenters. The van der Waals surface area contributed by atoms with Gasteiger partial charge in [-0.15, -0.1) is 0 Å². The van der Waals surface area contributed by atoms with Crippen LogP contribution >= 0.6 is 0 Å². The van der Waals surface area contributed by atoms with Crippen LogP contribution in [0.2, 0.25) is 0 Å². The first-order chi connectivity index (χ1) is 10.6. The largest absolute Gasteiger partial charge is 0.411 e. The van der Waals surface area contributed by atoms with Crippen LogP contribution in [0.5, 0.6) is 0 Å². The molecule has 1 aromatic carbocycles. The average Bonchev–Trinajstić information content (AvgIpc) is 2.50. The fourth-order valence-electron chi connectivity index (χ4n) is 2.07. The van der Waals surface area contributed by atoms with Crippen molar-refractivity contribution in [2.75, 3.05) is 5.32 Å². The molecule has 0 aliphatic heterocycles. The standard InChI is InChI=1S/C16H16FN3O2/c1-3-13(20-22)11-7-8-14(18-9-11)19-16(21)15-10(2)5-4-6-12(15)17/h4-9,22H,3H2,1-2H3,(H,18,19,21)/b20-13+. The predicted octanol–water partition coefficient (Wildman–Crippen LogP) is 3.37. The van der Waals surface area contributed by atoms with E-state index in [2.05, 4.69) is 15.5 Å². The van der Waals surface area contributed by atoms with Crippen molar-refractivity contribution < 1.29 is 14.4 Å². The summed E-state index contributed by atoms with van der Waals surface area (Å²) >= 11 is 0. The smallest absolute Gasteiger partial charge is 0.260 e. The zero-order chi connectivity index (χ0) is 16.1. The van der Waals surface area contributed by atoms with Gasteiger partial charge in [-0.2, -0.15) is 0 Å². The molecule has 0 spiro atoms. The van der Waals surface area contributed by atoms with Crippen LogP contribution in [0.1, 0.15) is 34.8 Å². The summed E-state index contributed by atoms with van der Waals surface area (Å²) in [5.41, 5.74) is 1.70. The number of amides is 1. The minimum Gasteiger partial charge on any atom is -0.411 e. The van der Waals surface area contributed by atoms with E-state index in [0.29, 0.717) is 29.1 Å². The van der Waals surface area contributed by atoms with Crippen molar-refractivity contribution in [1.82, 2.24) is 4.98 Å². The molecule has 1 aromatic heterocycles. The Labute approximate surface area is 127 Å². The average molecular weight is 301 g/mol. The van der Waals surface area contributed by atoms with E-state index in [9.17, 15) is 9.18 Å². The Bertz CT molecular complexity index is 692. The van der Waals surface area contributed by atoms with Gasteiger partial charge in [-0.3, -0.25) is 4.79 Å². The molecule has 0 aliphatic carbocycles. The molecular formula is C16H16FN3O2. The van der Waals surface area contributed by atoms with Crippen LogP contribution in [0.25, 0.3) is 0 Å². The number of anilines is 1. The molecule has 114 valence electrons. The molecule has 5 nitrogen and oxygen atoms in total. The number of aryl methyl sites for hydroxylation is 1. The lowest BCUT2D eigenvalue weighted by Gasteiger charge is -2.08. The minimum atomic E-state index is -0.574. The second-order valence-electron chi connectivity index (χ2n) is 4.72. The molecule has 0 bridgehead atoms. The van der Waals surface area contributed by atoms with E-state index >= 15 is 0 Å². The second kappa shape index (κ2) is 6.80. The topological polar surface area (TPSA) is 74.6 Å². The van der Waals surface area contributed by atoms with Crippen LogP contribution in [-0.4, -0.2) is 21.8 Å². The van der Waals surface area contributed by atoms with Gasteiger partial charge in [0.2, 0.25) is 0 Å². The van der Waals surface area contributed by atoms with Gasteiger partial charge in [-0.1, -0.05) is 24.2 Å². The van der Waals surface area contributed by atoms with Gasteiger partial charge in [0, 0.05) is 11.8 Å². The van der Waals surface area contributed by atoms with Crippen molar-refractivity contribution in [2.24, 2.45) is 5.16 Å². The van der Waals surface area contributed by atoms with Gasteiger partial charge in [-0.25, -0.2) is 9.37 Å². The molecule has 1 heterocycles. The first-order valence-electron chi connectivity index (χ1n) is 6.80. The number of nitrogens with zero attached hydrogens (tertiary/aromatic N) is 2. The van der Waals surface area contributed by atoms with E-state index < -0.39 is 11.7 Å². The Morgan fingerprint density at radius 1 is 1.36 bits per heavy atom. The quantitative estimate of drug-likeness (QED) is 0.516. The first-order valence-corrected chi connectivity index (χ1v) is 6.80. The summed E-state index contributed by atoms with van der Waals surface area (Å²) in [5.74, 6) is -0.831. The number of aromatic nitrogens is 1. The summed E-state index contributed by atoms with van der Waals surface area (Å²) in [5, 5.41) is 14.6. The molecule has 0 aliphatic rings. The number of carbonyl (C=O) groups is 1. The summed E-state index contributed by atoms with van der Waals surface area (Å²) in [4.78, 5) is 16.2. The van der Waals surface area contributed by atoms with Crippen molar-refractivity contribution in [3.8, 4) is 0 Å². The monoisotopic (exact) mass is 301 g/mol. The highest BCUT2D eigenvalue weighted by atomic mass is 19.1. The highest BCUT2D eigenvalue weighted by molar-refractivity contribution is 6.05. The minimum absolute atomic E-state index is 0.000422. The third-order valence-electron chi connectivity index (χ3n) is 3.24. The van der Waals surface area contributed by atoms with Crippen molar-refractivity contribution >= 4 is 17.4 Å². The maximum Gasteiger partial charge on any atom is 0.260 e. The van der Waals surface area contributed by atoms with E-state index in [0.717, 1.165) is 0 Å². The van der Waals surface area contributed by atoms with E-state index in [-0.39, 0.29) is 5.56 Å². The van der Waals surface area contributed by atoms with E-state index in [1.165, 1.54) is 12.3 Å². The molecule has 22 heavy (non-hydrogen) atoms. The number of carbonyl (C=O) groups excluding carboxylic acids is 1. The molecule has 0 radical (unpaired) electrons. The molecular weight excluding hydrogens is 285 g/mol. The number of rotatable bonds is 4. The summed E-state index contributed by atoms with van der Waals surface area (Å²) < 4.78 is 13.7. The van der Waals surface area contributed by atoms with E-state index in [1.54, 1.807) is 31.2 Å². The Hall–Kier alpha value is -2.76.